The highest BCUT2D eigenvalue weighted by atomic mass is 127. The molecule has 1 nitrogen and oxygen atoms in total. The molecule has 1 unspecified atom stereocenters. The SMILES string of the molecule is CCNC(c1ccc(I)c(Cl)c1)c1ccsc1C. The van der Waals surface area contributed by atoms with Crippen LogP contribution in [0, 0.1) is 10.5 Å². The molecule has 18 heavy (non-hydrogen) atoms. The predicted molar refractivity (Wildman–Crippen MR) is 88.7 cm³/mol. The van der Waals surface area contributed by atoms with Gasteiger partial charge in [0.05, 0.1) is 11.1 Å². The van der Waals surface area contributed by atoms with Crippen molar-refractivity contribution < 1.29 is 0 Å². The van der Waals surface area contributed by atoms with Crippen LogP contribution in [0.5, 0.6) is 0 Å². The fourth-order valence-corrected chi connectivity index (χ4v) is 3.26. The molecule has 1 heterocycles. The Morgan fingerprint density at radius 3 is 2.72 bits per heavy atom. The molecule has 0 aliphatic carbocycles. The lowest BCUT2D eigenvalue weighted by molar-refractivity contribution is 0.630. The number of thiophene rings is 1. The lowest BCUT2D eigenvalue weighted by Gasteiger charge is -2.19. The predicted octanol–water partition coefficient (Wildman–Crippen LogP) is 5.01. The average molecular weight is 392 g/mol. The van der Waals surface area contributed by atoms with Gasteiger partial charge >= 0.3 is 0 Å². The van der Waals surface area contributed by atoms with E-state index in [1.54, 1.807) is 11.3 Å². The first-order valence-electron chi connectivity index (χ1n) is 5.85. The number of hydrogen-bond acceptors (Lipinski definition) is 2. The van der Waals surface area contributed by atoms with Crippen LogP contribution < -0.4 is 5.32 Å². The Morgan fingerprint density at radius 1 is 1.39 bits per heavy atom. The first kappa shape index (κ1) is 14.3. The van der Waals surface area contributed by atoms with Crippen molar-refractivity contribution >= 4 is 45.5 Å². The number of nitrogens with one attached hydrogen (secondary N) is 1. The summed E-state index contributed by atoms with van der Waals surface area (Å²) in [5, 5.41) is 6.50. The molecule has 0 aliphatic rings. The second-order valence-corrected chi connectivity index (χ2v) is 6.79. The van der Waals surface area contributed by atoms with Crippen molar-refractivity contribution in [3.05, 3.63) is 54.2 Å². The van der Waals surface area contributed by atoms with Gasteiger partial charge in [-0.2, -0.15) is 0 Å². The summed E-state index contributed by atoms with van der Waals surface area (Å²) < 4.78 is 1.09. The number of hydrogen-bond donors (Lipinski definition) is 1. The Kier molecular flexibility index (Phi) is 5.06. The normalized spacial score (nSPS) is 12.7. The maximum absolute atomic E-state index is 6.23. The Balaban J connectivity index is 2.41. The van der Waals surface area contributed by atoms with Gasteiger partial charge in [-0.15, -0.1) is 11.3 Å². The standard InChI is InChI=1S/C14H15ClINS/c1-3-17-14(11-6-7-18-9(11)2)10-4-5-13(16)12(15)8-10/h4-8,14,17H,3H2,1-2H3. The Hall–Kier alpha value is -0.100. The third kappa shape index (κ3) is 3.07. The Morgan fingerprint density at radius 2 is 2.17 bits per heavy atom. The minimum absolute atomic E-state index is 0.232. The molecular formula is C14H15ClINS. The maximum Gasteiger partial charge on any atom is 0.0588 e. The highest BCUT2D eigenvalue weighted by molar-refractivity contribution is 14.1. The number of halogens is 2. The van der Waals surface area contributed by atoms with Gasteiger partial charge in [0.25, 0.3) is 0 Å². The van der Waals surface area contributed by atoms with E-state index in [1.807, 2.05) is 0 Å². The van der Waals surface area contributed by atoms with Crippen molar-refractivity contribution in [3.8, 4) is 0 Å². The van der Waals surface area contributed by atoms with E-state index in [0.29, 0.717) is 0 Å². The number of aryl methyl sites for hydroxylation is 1. The molecule has 0 radical (unpaired) electrons. The van der Waals surface area contributed by atoms with E-state index >= 15 is 0 Å². The van der Waals surface area contributed by atoms with E-state index in [2.05, 4.69) is 71.4 Å². The first-order valence-corrected chi connectivity index (χ1v) is 8.19. The molecule has 0 bridgehead atoms. The van der Waals surface area contributed by atoms with Crippen LogP contribution in [0.4, 0.5) is 0 Å². The molecule has 1 N–H and O–H groups in total. The third-order valence-electron chi connectivity index (χ3n) is 2.90. The summed E-state index contributed by atoms with van der Waals surface area (Å²) in [7, 11) is 0. The molecule has 0 saturated heterocycles. The molecule has 0 aliphatic heterocycles. The molecule has 1 atom stereocenters. The maximum atomic E-state index is 6.23. The largest absolute Gasteiger partial charge is 0.306 e. The van der Waals surface area contributed by atoms with Crippen LogP contribution >= 0.6 is 45.5 Å². The lowest BCUT2D eigenvalue weighted by atomic mass is 9.99. The van der Waals surface area contributed by atoms with Gasteiger partial charge in [-0.3, -0.25) is 0 Å². The van der Waals surface area contributed by atoms with E-state index in [4.69, 9.17) is 11.6 Å². The van der Waals surface area contributed by atoms with Crippen LogP contribution in [0.25, 0.3) is 0 Å². The summed E-state index contributed by atoms with van der Waals surface area (Å²) in [6.07, 6.45) is 0. The van der Waals surface area contributed by atoms with Crippen LogP contribution in [-0.4, -0.2) is 6.54 Å². The van der Waals surface area contributed by atoms with Crippen LogP contribution in [-0.2, 0) is 0 Å². The summed E-state index contributed by atoms with van der Waals surface area (Å²) in [5.41, 5.74) is 2.57. The zero-order valence-electron chi connectivity index (χ0n) is 10.3. The first-order chi connectivity index (χ1) is 8.63. The summed E-state index contributed by atoms with van der Waals surface area (Å²) in [6.45, 7) is 5.23. The van der Waals surface area contributed by atoms with Gasteiger partial charge in [-0.25, -0.2) is 0 Å². The van der Waals surface area contributed by atoms with Crippen molar-refractivity contribution in [2.45, 2.75) is 19.9 Å². The second-order valence-electron chi connectivity index (χ2n) is 4.10. The smallest absolute Gasteiger partial charge is 0.0588 e. The third-order valence-corrected chi connectivity index (χ3v) is 5.33. The topological polar surface area (TPSA) is 12.0 Å². The van der Waals surface area contributed by atoms with Crippen LogP contribution in [0.2, 0.25) is 5.02 Å². The van der Waals surface area contributed by atoms with E-state index in [-0.39, 0.29) is 6.04 Å². The van der Waals surface area contributed by atoms with E-state index in [0.717, 1.165) is 15.1 Å². The molecule has 0 amide bonds. The summed E-state index contributed by atoms with van der Waals surface area (Å²) in [6, 6.07) is 8.71. The van der Waals surface area contributed by atoms with Crippen molar-refractivity contribution in [2.75, 3.05) is 6.54 Å². The molecular weight excluding hydrogens is 377 g/mol. The Bertz CT molecular complexity index is 538. The van der Waals surface area contributed by atoms with Crippen molar-refractivity contribution in [3.63, 3.8) is 0 Å². The molecule has 2 aromatic rings. The number of rotatable bonds is 4. The van der Waals surface area contributed by atoms with Crippen LogP contribution in [0.15, 0.2) is 29.6 Å². The van der Waals surface area contributed by atoms with Crippen LogP contribution in [0.1, 0.15) is 29.0 Å². The lowest BCUT2D eigenvalue weighted by Crippen LogP contribution is -2.22. The fraction of sp³-hybridized carbons (Fsp3) is 0.286. The van der Waals surface area contributed by atoms with Crippen molar-refractivity contribution in [2.24, 2.45) is 0 Å². The number of benzene rings is 1. The molecule has 0 fully saturated rings. The van der Waals surface area contributed by atoms with Crippen LogP contribution in [0.3, 0.4) is 0 Å². The molecule has 0 spiro atoms. The fourth-order valence-electron chi connectivity index (χ4n) is 2.00. The van der Waals surface area contributed by atoms with E-state index in [9.17, 15) is 0 Å². The average Bonchev–Trinajstić information content (AvgIpc) is 2.76. The van der Waals surface area contributed by atoms with Gasteiger partial charge < -0.3 is 5.32 Å². The van der Waals surface area contributed by atoms with Crippen molar-refractivity contribution in [1.29, 1.82) is 0 Å². The van der Waals surface area contributed by atoms with E-state index in [1.165, 1.54) is 16.0 Å². The summed E-state index contributed by atoms with van der Waals surface area (Å²) in [4.78, 5) is 1.36. The highest BCUT2D eigenvalue weighted by Gasteiger charge is 2.16. The minimum Gasteiger partial charge on any atom is -0.306 e. The van der Waals surface area contributed by atoms with Gasteiger partial charge in [0.1, 0.15) is 0 Å². The molecule has 1 aromatic carbocycles. The second kappa shape index (κ2) is 6.37. The van der Waals surface area contributed by atoms with Gasteiger partial charge in [-0.1, -0.05) is 24.6 Å². The van der Waals surface area contributed by atoms with Gasteiger partial charge in [0.15, 0.2) is 0 Å². The summed E-state index contributed by atoms with van der Waals surface area (Å²) >= 11 is 10.3. The van der Waals surface area contributed by atoms with Gasteiger partial charge in [0.2, 0.25) is 0 Å². The summed E-state index contributed by atoms with van der Waals surface area (Å²) in [5.74, 6) is 0. The monoisotopic (exact) mass is 391 g/mol. The highest BCUT2D eigenvalue weighted by Crippen LogP contribution is 2.30. The molecule has 96 valence electrons. The van der Waals surface area contributed by atoms with Gasteiger partial charge in [0, 0.05) is 8.45 Å². The molecule has 0 saturated carbocycles. The quantitative estimate of drug-likeness (QED) is 0.722. The molecule has 2 rings (SSSR count). The Labute approximate surface area is 131 Å². The van der Waals surface area contributed by atoms with Crippen molar-refractivity contribution in [1.82, 2.24) is 5.32 Å². The molecule has 1 aromatic heterocycles. The zero-order chi connectivity index (χ0) is 13.1. The zero-order valence-corrected chi connectivity index (χ0v) is 14.1. The molecule has 4 heteroatoms. The van der Waals surface area contributed by atoms with Gasteiger partial charge in [-0.05, 0) is 70.8 Å². The minimum atomic E-state index is 0.232. The van der Waals surface area contributed by atoms with E-state index < -0.39 is 0 Å².